The predicted molar refractivity (Wildman–Crippen MR) is 75.3 cm³/mol. The van der Waals surface area contributed by atoms with E-state index >= 15 is 0 Å². The number of carbonyl (C=O) groups is 1. The Hall–Kier alpha value is -2.29. The Kier molecular flexibility index (Phi) is 4.77. The number of carbonyl (C=O) groups excluding carboxylic acids is 1. The molecule has 0 saturated heterocycles. The van der Waals surface area contributed by atoms with Crippen molar-refractivity contribution in [1.29, 1.82) is 0 Å². The van der Waals surface area contributed by atoms with Gasteiger partial charge >= 0.3 is 0 Å². The molecule has 0 aliphatic heterocycles. The van der Waals surface area contributed by atoms with Gasteiger partial charge in [0.15, 0.2) is 0 Å². The summed E-state index contributed by atoms with van der Waals surface area (Å²) in [6.45, 7) is 0. The highest BCUT2D eigenvalue weighted by molar-refractivity contribution is 5.64. The standard InChI is InChI=1S/C17H18O3/c18-16(19)11-5-9-14-8-4-10-15(17(14)20)12-13-6-2-1-3-7-13/h1-4,6-8,10,20H,5,9,11-12H2,(H,18,19)/p-1. The first kappa shape index (κ1) is 14.1. The lowest BCUT2D eigenvalue weighted by Gasteiger charge is -2.10. The van der Waals surface area contributed by atoms with E-state index in [1.54, 1.807) is 0 Å². The molecule has 2 aromatic rings. The van der Waals surface area contributed by atoms with E-state index in [0.717, 1.165) is 16.7 Å². The summed E-state index contributed by atoms with van der Waals surface area (Å²) in [5.41, 5.74) is 2.79. The van der Waals surface area contributed by atoms with Crippen LogP contribution in [0.1, 0.15) is 29.5 Å². The zero-order valence-corrected chi connectivity index (χ0v) is 11.2. The minimum absolute atomic E-state index is 0.0162. The number of benzene rings is 2. The summed E-state index contributed by atoms with van der Waals surface area (Å²) in [5, 5.41) is 20.7. The van der Waals surface area contributed by atoms with E-state index in [0.29, 0.717) is 19.3 Å². The number of aryl methyl sites for hydroxylation is 1. The molecule has 0 fully saturated rings. The maximum absolute atomic E-state index is 10.4. The summed E-state index contributed by atoms with van der Waals surface area (Å²) < 4.78 is 0. The number of carboxylic acids is 1. The third kappa shape index (κ3) is 3.85. The minimum Gasteiger partial charge on any atom is -0.550 e. The van der Waals surface area contributed by atoms with E-state index in [-0.39, 0.29) is 12.2 Å². The van der Waals surface area contributed by atoms with Crippen LogP contribution in [-0.2, 0) is 17.6 Å². The van der Waals surface area contributed by atoms with Crippen LogP contribution in [0.2, 0.25) is 0 Å². The van der Waals surface area contributed by atoms with Gasteiger partial charge in [0.2, 0.25) is 0 Å². The van der Waals surface area contributed by atoms with Gasteiger partial charge in [0, 0.05) is 12.4 Å². The van der Waals surface area contributed by atoms with Crippen molar-refractivity contribution < 1.29 is 15.0 Å². The fraction of sp³-hybridized carbons (Fsp3) is 0.235. The predicted octanol–water partition coefficient (Wildman–Crippen LogP) is 2.06. The second-order valence-corrected chi connectivity index (χ2v) is 4.81. The van der Waals surface area contributed by atoms with Crippen molar-refractivity contribution in [2.45, 2.75) is 25.7 Å². The van der Waals surface area contributed by atoms with Crippen molar-refractivity contribution >= 4 is 5.97 Å². The van der Waals surface area contributed by atoms with Gasteiger partial charge in [-0.1, -0.05) is 48.5 Å². The van der Waals surface area contributed by atoms with Crippen LogP contribution in [0.5, 0.6) is 5.75 Å². The molecule has 20 heavy (non-hydrogen) atoms. The molecular weight excluding hydrogens is 252 g/mol. The number of hydrogen-bond donors (Lipinski definition) is 1. The lowest BCUT2D eigenvalue weighted by atomic mass is 9.99. The maximum atomic E-state index is 10.4. The lowest BCUT2D eigenvalue weighted by molar-refractivity contribution is -0.305. The van der Waals surface area contributed by atoms with E-state index in [1.807, 2.05) is 48.5 Å². The number of phenolic OH excluding ortho intramolecular Hbond substituents is 1. The molecule has 0 aliphatic carbocycles. The summed E-state index contributed by atoms with van der Waals surface area (Å²) in [4.78, 5) is 10.4. The van der Waals surface area contributed by atoms with Crippen molar-refractivity contribution in [2.75, 3.05) is 0 Å². The molecule has 2 aromatic carbocycles. The molecule has 0 atom stereocenters. The molecule has 3 nitrogen and oxygen atoms in total. The van der Waals surface area contributed by atoms with E-state index in [2.05, 4.69) is 0 Å². The molecule has 0 aliphatic rings. The fourth-order valence-electron chi connectivity index (χ4n) is 2.23. The number of rotatable bonds is 6. The third-order valence-corrected chi connectivity index (χ3v) is 3.27. The van der Waals surface area contributed by atoms with Crippen LogP contribution in [0.15, 0.2) is 48.5 Å². The molecular formula is C17H17O3-. The van der Waals surface area contributed by atoms with Crippen LogP contribution in [0, 0.1) is 0 Å². The number of para-hydroxylation sites is 1. The van der Waals surface area contributed by atoms with Crippen LogP contribution in [-0.4, -0.2) is 11.1 Å². The van der Waals surface area contributed by atoms with Crippen molar-refractivity contribution in [1.82, 2.24) is 0 Å². The molecule has 0 amide bonds. The topological polar surface area (TPSA) is 60.4 Å². The first-order chi connectivity index (χ1) is 9.66. The van der Waals surface area contributed by atoms with Gasteiger partial charge in [0.1, 0.15) is 5.75 Å². The van der Waals surface area contributed by atoms with Gasteiger partial charge in [0.25, 0.3) is 0 Å². The van der Waals surface area contributed by atoms with E-state index in [9.17, 15) is 15.0 Å². The smallest absolute Gasteiger partial charge is 0.122 e. The summed E-state index contributed by atoms with van der Waals surface area (Å²) in [6, 6.07) is 15.5. The van der Waals surface area contributed by atoms with Gasteiger partial charge < -0.3 is 15.0 Å². The van der Waals surface area contributed by atoms with Crippen molar-refractivity contribution in [2.24, 2.45) is 0 Å². The Bertz CT molecular complexity index is 576. The SMILES string of the molecule is O=C([O-])CCCc1cccc(Cc2ccccc2)c1O. The number of aromatic hydroxyl groups is 1. The van der Waals surface area contributed by atoms with Crippen LogP contribution < -0.4 is 5.11 Å². The van der Waals surface area contributed by atoms with Gasteiger partial charge in [-0.3, -0.25) is 0 Å². The zero-order valence-electron chi connectivity index (χ0n) is 11.2. The first-order valence-electron chi connectivity index (χ1n) is 6.70. The summed E-state index contributed by atoms with van der Waals surface area (Å²) >= 11 is 0. The summed E-state index contributed by atoms with van der Waals surface area (Å²) in [7, 11) is 0. The summed E-state index contributed by atoms with van der Waals surface area (Å²) in [6.07, 6.45) is 1.70. The third-order valence-electron chi connectivity index (χ3n) is 3.27. The Labute approximate surface area is 118 Å². The van der Waals surface area contributed by atoms with E-state index < -0.39 is 5.97 Å². The Balaban J connectivity index is 2.09. The molecule has 0 spiro atoms. The first-order valence-corrected chi connectivity index (χ1v) is 6.70. The van der Waals surface area contributed by atoms with Crippen molar-refractivity contribution in [3.05, 3.63) is 65.2 Å². The molecule has 3 heteroatoms. The van der Waals surface area contributed by atoms with Gasteiger partial charge in [0.05, 0.1) is 0 Å². The largest absolute Gasteiger partial charge is 0.550 e. The molecule has 0 radical (unpaired) electrons. The zero-order chi connectivity index (χ0) is 14.4. The highest BCUT2D eigenvalue weighted by Gasteiger charge is 2.07. The highest BCUT2D eigenvalue weighted by atomic mass is 16.4. The molecule has 1 N–H and O–H groups in total. The van der Waals surface area contributed by atoms with Crippen molar-refractivity contribution in [3.63, 3.8) is 0 Å². The van der Waals surface area contributed by atoms with Gasteiger partial charge in [-0.25, -0.2) is 0 Å². The molecule has 0 unspecified atom stereocenters. The number of aliphatic carboxylic acids is 1. The number of hydrogen-bond acceptors (Lipinski definition) is 3. The Morgan fingerprint density at radius 2 is 1.70 bits per heavy atom. The molecule has 2 rings (SSSR count). The molecule has 0 heterocycles. The van der Waals surface area contributed by atoms with Crippen LogP contribution >= 0.6 is 0 Å². The van der Waals surface area contributed by atoms with Crippen LogP contribution in [0.25, 0.3) is 0 Å². The number of phenols is 1. The van der Waals surface area contributed by atoms with Crippen LogP contribution in [0.3, 0.4) is 0 Å². The normalized spacial score (nSPS) is 10.4. The van der Waals surface area contributed by atoms with Gasteiger partial charge in [-0.2, -0.15) is 0 Å². The Morgan fingerprint density at radius 3 is 2.40 bits per heavy atom. The summed E-state index contributed by atoms with van der Waals surface area (Å²) in [5.74, 6) is -0.778. The molecule has 0 bridgehead atoms. The van der Waals surface area contributed by atoms with Gasteiger partial charge in [-0.15, -0.1) is 0 Å². The second-order valence-electron chi connectivity index (χ2n) is 4.81. The molecule has 0 saturated carbocycles. The quantitative estimate of drug-likeness (QED) is 0.873. The Morgan fingerprint density at radius 1 is 1.00 bits per heavy atom. The number of carboxylic acid groups (broad SMARTS) is 1. The van der Waals surface area contributed by atoms with Crippen molar-refractivity contribution in [3.8, 4) is 5.75 Å². The monoisotopic (exact) mass is 269 g/mol. The van der Waals surface area contributed by atoms with E-state index in [1.165, 1.54) is 0 Å². The highest BCUT2D eigenvalue weighted by Crippen LogP contribution is 2.26. The minimum atomic E-state index is -1.05. The lowest BCUT2D eigenvalue weighted by Crippen LogP contribution is -2.21. The van der Waals surface area contributed by atoms with E-state index in [4.69, 9.17) is 0 Å². The molecule has 0 aromatic heterocycles. The average molecular weight is 269 g/mol. The second kappa shape index (κ2) is 6.75. The van der Waals surface area contributed by atoms with Gasteiger partial charge in [-0.05, 0) is 36.0 Å². The average Bonchev–Trinajstić information content (AvgIpc) is 2.44. The fourth-order valence-corrected chi connectivity index (χ4v) is 2.23. The maximum Gasteiger partial charge on any atom is 0.122 e. The van der Waals surface area contributed by atoms with Crippen LogP contribution in [0.4, 0.5) is 0 Å². The molecule has 104 valence electrons.